The van der Waals surface area contributed by atoms with Gasteiger partial charge < -0.3 is 24.7 Å². The molecule has 31 heavy (non-hydrogen) atoms. The van der Waals surface area contributed by atoms with Gasteiger partial charge in [0.1, 0.15) is 12.3 Å². The van der Waals surface area contributed by atoms with Crippen LogP contribution in [0.4, 0.5) is 5.69 Å². The SMILES string of the molecule is COCCOC(=O)c1c(C)[nH]c(C(=O)Nc2cccc(C(=O)N3CCCC3)c2C)c1C. The van der Waals surface area contributed by atoms with Crippen LogP contribution in [-0.2, 0) is 9.47 Å². The van der Waals surface area contributed by atoms with Crippen molar-refractivity contribution < 1.29 is 23.9 Å². The molecule has 0 bridgehead atoms. The van der Waals surface area contributed by atoms with Gasteiger partial charge in [0.15, 0.2) is 0 Å². The number of aromatic amines is 1. The van der Waals surface area contributed by atoms with Crippen LogP contribution in [0.3, 0.4) is 0 Å². The number of ether oxygens (including phenoxy) is 2. The van der Waals surface area contributed by atoms with Crippen LogP contribution in [0.5, 0.6) is 0 Å². The summed E-state index contributed by atoms with van der Waals surface area (Å²) in [5, 5.41) is 2.87. The van der Waals surface area contributed by atoms with Gasteiger partial charge >= 0.3 is 5.97 Å². The van der Waals surface area contributed by atoms with Gasteiger partial charge in [-0.1, -0.05) is 6.07 Å². The zero-order valence-corrected chi connectivity index (χ0v) is 18.5. The molecule has 1 aliphatic rings. The molecular weight excluding hydrogens is 398 g/mol. The average Bonchev–Trinajstić information content (AvgIpc) is 3.37. The third-order valence-corrected chi connectivity index (χ3v) is 5.59. The van der Waals surface area contributed by atoms with E-state index in [1.807, 2.05) is 11.8 Å². The summed E-state index contributed by atoms with van der Waals surface area (Å²) in [5.41, 5.74) is 3.56. The lowest BCUT2D eigenvalue weighted by Gasteiger charge is -2.18. The molecule has 0 radical (unpaired) electrons. The molecule has 166 valence electrons. The van der Waals surface area contributed by atoms with E-state index in [9.17, 15) is 14.4 Å². The number of hydrogen-bond donors (Lipinski definition) is 2. The molecule has 2 heterocycles. The number of carbonyl (C=O) groups is 3. The van der Waals surface area contributed by atoms with Gasteiger partial charge in [0.05, 0.1) is 12.2 Å². The maximum Gasteiger partial charge on any atom is 0.340 e. The van der Waals surface area contributed by atoms with Gasteiger partial charge in [-0.15, -0.1) is 0 Å². The van der Waals surface area contributed by atoms with Gasteiger partial charge in [-0.05, 0) is 56.9 Å². The van der Waals surface area contributed by atoms with Crippen LogP contribution < -0.4 is 5.32 Å². The van der Waals surface area contributed by atoms with Crippen LogP contribution in [-0.4, -0.2) is 61.1 Å². The third-order valence-electron chi connectivity index (χ3n) is 5.59. The first kappa shape index (κ1) is 22.6. The molecule has 0 saturated carbocycles. The molecule has 1 aliphatic heterocycles. The van der Waals surface area contributed by atoms with Crippen molar-refractivity contribution in [1.82, 2.24) is 9.88 Å². The fourth-order valence-corrected chi connectivity index (χ4v) is 3.85. The summed E-state index contributed by atoms with van der Waals surface area (Å²) < 4.78 is 10.1. The largest absolute Gasteiger partial charge is 0.460 e. The Kier molecular flexibility index (Phi) is 7.12. The van der Waals surface area contributed by atoms with E-state index in [0.717, 1.165) is 25.9 Å². The monoisotopic (exact) mass is 427 g/mol. The minimum atomic E-state index is -0.503. The zero-order chi connectivity index (χ0) is 22.5. The van der Waals surface area contributed by atoms with E-state index in [-0.39, 0.29) is 24.1 Å². The molecule has 2 N–H and O–H groups in total. The van der Waals surface area contributed by atoms with Crippen LogP contribution in [0.15, 0.2) is 18.2 Å². The highest BCUT2D eigenvalue weighted by Gasteiger charge is 2.25. The number of esters is 1. The summed E-state index contributed by atoms with van der Waals surface area (Å²) in [6.45, 7) is 7.20. The number of aromatic nitrogens is 1. The summed E-state index contributed by atoms with van der Waals surface area (Å²) in [4.78, 5) is 43.0. The van der Waals surface area contributed by atoms with Crippen molar-refractivity contribution in [3.63, 3.8) is 0 Å². The number of methoxy groups -OCH3 is 1. The number of H-pyrrole nitrogens is 1. The standard InChI is InChI=1S/C23H29N3O5/c1-14-17(22(28)26-10-5-6-11-26)8-7-9-18(14)25-21(27)20-15(2)19(16(3)24-20)23(29)31-13-12-30-4/h7-9,24H,5-6,10-13H2,1-4H3,(H,25,27). The highest BCUT2D eigenvalue weighted by Crippen LogP contribution is 2.24. The number of hydrogen-bond acceptors (Lipinski definition) is 5. The molecule has 0 spiro atoms. The number of nitrogens with one attached hydrogen (secondary N) is 2. The highest BCUT2D eigenvalue weighted by molar-refractivity contribution is 6.08. The average molecular weight is 428 g/mol. The molecule has 2 amide bonds. The Bertz CT molecular complexity index is 989. The molecule has 0 aliphatic carbocycles. The maximum atomic E-state index is 13.0. The Morgan fingerprint density at radius 3 is 2.45 bits per heavy atom. The molecule has 0 unspecified atom stereocenters. The van der Waals surface area contributed by atoms with Crippen LogP contribution in [0, 0.1) is 20.8 Å². The summed E-state index contributed by atoms with van der Waals surface area (Å²) in [6, 6.07) is 5.31. The van der Waals surface area contributed by atoms with E-state index < -0.39 is 5.97 Å². The third kappa shape index (κ3) is 4.80. The number of anilines is 1. The number of likely N-dealkylation sites (tertiary alicyclic amines) is 1. The number of rotatable bonds is 7. The van der Waals surface area contributed by atoms with Crippen LogP contribution in [0.25, 0.3) is 0 Å². The van der Waals surface area contributed by atoms with E-state index in [4.69, 9.17) is 9.47 Å². The minimum absolute atomic E-state index is 0.0147. The van der Waals surface area contributed by atoms with Gasteiger partial charge in [-0.25, -0.2) is 4.79 Å². The lowest BCUT2D eigenvalue weighted by molar-refractivity contribution is 0.0386. The van der Waals surface area contributed by atoms with E-state index in [0.29, 0.717) is 40.2 Å². The van der Waals surface area contributed by atoms with Crippen molar-refractivity contribution in [2.24, 2.45) is 0 Å². The van der Waals surface area contributed by atoms with Gasteiger partial charge in [0.2, 0.25) is 0 Å². The van der Waals surface area contributed by atoms with Crippen LogP contribution in [0.1, 0.15) is 60.9 Å². The Morgan fingerprint density at radius 2 is 1.77 bits per heavy atom. The summed E-state index contributed by atoms with van der Waals surface area (Å²) in [7, 11) is 1.53. The summed E-state index contributed by atoms with van der Waals surface area (Å²) in [6.07, 6.45) is 2.03. The van der Waals surface area contributed by atoms with Crippen molar-refractivity contribution in [2.45, 2.75) is 33.6 Å². The fraction of sp³-hybridized carbons (Fsp3) is 0.435. The molecule has 3 rings (SSSR count). The second-order valence-electron chi connectivity index (χ2n) is 7.69. The first-order chi connectivity index (χ1) is 14.8. The lowest BCUT2D eigenvalue weighted by Crippen LogP contribution is -2.28. The smallest absolute Gasteiger partial charge is 0.340 e. The number of nitrogens with zero attached hydrogens (tertiary/aromatic N) is 1. The first-order valence-corrected chi connectivity index (χ1v) is 10.4. The number of benzene rings is 1. The Labute approximate surface area is 181 Å². The molecular formula is C23H29N3O5. The number of aryl methyl sites for hydroxylation is 1. The van der Waals surface area contributed by atoms with Crippen molar-refractivity contribution >= 4 is 23.5 Å². The second kappa shape index (κ2) is 9.78. The Balaban J connectivity index is 1.79. The minimum Gasteiger partial charge on any atom is -0.460 e. The molecule has 1 aromatic carbocycles. The van der Waals surface area contributed by atoms with Gasteiger partial charge in [0.25, 0.3) is 11.8 Å². The van der Waals surface area contributed by atoms with E-state index in [2.05, 4.69) is 10.3 Å². The zero-order valence-electron chi connectivity index (χ0n) is 18.5. The number of amides is 2. The molecule has 1 aromatic heterocycles. The van der Waals surface area contributed by atoms with Crippen molar-refractivity contribution in [2.75, 3.05) is 38.7 Å². The normalized spacial score (nSPS) is 13.4. The Hall–Kier alpha value is -3.13. The van der Waals surface area contributed by atoms with Gasteiger partial charge in [-0.2, -0.15) is 0 Å². The van der Waals surface area contributed by atoms with E-state index >= 15 is 0 Å². The fourth-order valence-electron chi connectivity index (χ4n) is 3.85. The molecule has 0 atom stereocenters. The van der Waals surface area contributed by atoms with Crippen LogP contribution in [0.2, 0.25) is 0 Å². The van der Waals surface area contributed by atoms with Gasteiger partial charge in [-0.3, -0.25) is 9.59 Å². The maximum absolute atomic E-state index is 13.0. The quantitative estimate of drug-likeness (QED) is 0.522. The molecule has 8 nitrogen and oxygen atoms in total. The van der Waals surface area contributed by atoms with E-state index in [1.165, 1.54) is 7.11 Å². The molecule has 2 aromatic rings. The predicted molar refractivity (Wildman–Crippen MR) is 117 cm³/mol. The molecule has 8 heteroatoms. The molecule has 1 fully saturated rings. The summed E-state index contributed by atoms with van der Waals surface area (Å²) in [5.74, 6) is -0.902. The highest BCUT2D eigenvalue weighted by atomic mass is 16.6. The van der Waals surface area contributed by atoms with Crippen molar-refractivity contribution in [3.05, 3.63) is 51.8 Å². The second-order valence-corrected chi connectivity index (χ2v) is 7.69. The van der Waals surface area contributed by atoms with Crippen molar-refractivity contribution in [3.8, 4) is 0 Å². The Morgan fingerprint density at radius 1 is 1.06 bits per heavy atom. The first-order valence-electron chi connectivity index (χ1n) is 10.4. The van der Waals surface area contributed by atoms with E-state index in [1.54, 1.807) is 32.0 Å². The summed E-state index contributed by atoms with van der Waals surface area (Å²) >= 11 is 0. The van der Waals surface area contributed by atoms with Gasteiger partial charge in [0, 0.05) is 37.1 Å². The van der Waals surface area contributed by atoms with Crippen molar-refractivity contribution in [1.29, 1.82) is 0 Å². The predicted octanol–water partition coefficient (Wildman–Crippen LogP) is 3.23. The number of carbonyl (C=O) groups excluding carboxylic acids is 3. The molecule has 1 saturated heterocycles. The topological polar surface area (TPSA) is 101 Å². The lowest BCUT2D eigenvalue weighted by atomic mass is 10.0. The van der Waals surface area contributed by atoms with Crippen LogP contribution >= 0.6 is 0 Å².